The molecule has 0 aliphatic heterocycles. The van der Waals surface area contributed by atoms with Crippen LogP contribution in [0.5, 0.6) is 0 Å². The Morgan fingerprint density at radius 2 is 2.37 bits per heavy atom. The van der Waals surface area contributed by atoms with E-state index in [1.807, 2.05) is 0 Å². The van der Waals surface area contributed by atoms with Gasteiger partial charge in [0.15, 0.2) is 5.16 Å². The van der Waals surface area contributed by atoms with Crippen molar-refractivity contribution in [1.82, 2.24) is 19.6 Å². The number of aryl methyl sites for hydroxylation is 1. The van der Waals surface area contributed by atoms with Crippen LogP contribution >= 0.6 is 23.3 Å². The molecule has 2 rings (SSSR count). The first kappa shape index (κ1) is 14.0. The summed E-state index contributed by atoms with van der Waals surface area (Å²) in [6.07, 6.45) is 1.05. The minimum Gasteiger partial charge on any atom is -0.374 e. The van der Waals surface area contributed by atoms with E-state index in [0.29, 0.717) is 16.6 Å². The largest absolute Gasteiger partial charge is 0.374 e. The van der Waals surface area contributed by atoms with Crippen LogP contribution in [0.2, 0.25) is 0 Å². The summed E-state index contributed by atoms with van der Waals surface area (Å²) in [4.78, 5) is 18.3. The first-order chi connectivity index (χ1) is 9.19. The summed E-state index contributed by atoms with van der Waals surface area (Å²) < 4.78 is 3.95. The van der Waals surface area contributed by atoms with Gasteiger partial charge < -0.3 is 10.3 Å². The average Bonchev–Trinajstić information content (AvgIpc) is 2.80. The quantitative estimate of drug-likeness (QED) is 0.627. The molecule has 2 aromatic heterocycles. The fourth-order valence-electron chi connectivity index (χ4n) is 1.43. The van der Waals surface area contributed by atoms with Crippen molar-refractivity contribution in [2.45, 2.75) is 31.2 Å². The number of aromatic amines is 1. The van der Waals surface area contributed by atoms with Gasteiger partial charge in [-0.15, -0.1) is 5.10 Å². The standard InChI is InChI=1S/C11H15N5OS2/c1-3-4-12-10-8(15-16-19-10)6-18-11-13-7(2)5-9(17)14-11/h5,12H,3-4,6H2,1-2H3,(H,13,14,17). The van der Waals surface area contributed by atoms with E-state index in [1.54, 1.807) is 6.92 Å². The lowest BCUT2D eigenvalue weighted by Gasteiger charge is -2.03. The first-order valence-corrected chi connectivity index (χ1v) is 7.71. The lowest BCUT2D eigenvalue weighted by Crippen LogP contribution is -2.08. The molecule has 0 unspecified atom stereocenters. The van der Waals surface area contributed by atoms with E-state index >= 15 is 0 Å². The molecular weight excluding hydrogens is 282 g/mol. The van der Waals surface area contributed by atoms with Gasteiger partial charge in [0.05, 0.1) is 0 Å². The van der Waals surface area contributed by atoms with E-state index in [4.69, 9.17) is 0 Å². The third-order valence-corrected chi connectivity index (χ3v) is 3.90. The van der Waals surface area contributed by atoms with Gasteiger partial charge in [0.25, 0.3) is 5.56 Å². The lowest BCUT2D eigenvalue weighted by atomic mass is 10.4. The van der Waals surface area contributed by atoms with Gasteiger partial charge in [0, 0.05) is 35.6 Å². The summed E-state index contributed by atoms with van der Waals surface area (Å²) in [7, 11) is 0. The van der Waals surface area contributed by atoms with Crippen molar-refractivity contribution < 1.29 is 0 Å². The Labute approximate surface area is 119 Å². The molecule has 2 aromatic rings. The van der Waals surface area contributed by atoms with Gasteiger partial charge in [-0.3, -0.25) is 4.79 Å². The lowest BCUT2D eigenvalue weighted by molar-refractivity contribution is 0.903. The van der Waals surface area contributed by atoms with Gasteiger partial charge in [0.1, 0.15) is 10.7 Å². The fraction of sp³-hybridized carbons (Fsp3) is 0.455. The van der Waals surface area contributed by atoms with Crippen LogP contribution in [0.1, 0.15) is 24.7 Å². The molecule has 0 atom stereocenters. The fourth-order valence-corrected chi connectivity index (χ4v) is 2.99. The molecule has 102 valence electrons. The zero-order valence-corrected chi connectivity index (χ0v) is 12.4. The summed E-state index contributed by atoms with van der Waals surface area (Å²) in [5, 5.41) is 8.98. The van der Waals surface area contributed by atoms with Crippen LogP contribution in [0, 0.1) is 6.92 Å². The van der Waals surface area contributed by atoms with Crippen LogP contribution in [-0.4, -0.2) is 26.1 Å². The summed E-state index contributed by atoms with van der Waals surface area (Å²) in [6.45, 7) is 4.82. The number of aromatic nitrogens is 4. The van der Waals surface area contributed by atoms with Crippen molar-refractivity contribution in [2.24, 2.45) is 0 Å². The summed E-state index contributed by atoms with van der Waals surface area (Å²) in [5.74, 6) is 0.634. The molecule has 19 heavy (non-hydrogen) atoms. The first-order valence-electron chi connectivity index (χ1n) is 5.95. The number of nitrogens with zero attached hydrogens (tertiary/aromatic N) is 3. The molecule has 2 N–H and O–H groups in total. The number of anilines is 1. The normalized spacial score (nSPS) is 10.6. The minimum absolute atomic E-state index is 0.129. The van der Waals surface area contributed by atoms with Crippen molar-refractivity contribution in [3.63, 3.8) is 0 Å². The number of H-pyrrole nitrogens is 1. The molecule has 0 aliphatic carbocycles. The van der Waals surface area contributed by atoms with Gasteiger partial charge in [-0.25, -0.2) is 4.98 Å². The highest BCUT2D eigenvalue weighted by Crippen LogP contribution is 2.25. The number of hydrogen-bond acceptors (Lipinski definition) is 7. The van der Waals surface area contributed by atoms with E-state index < -0.39 is 0 Å². The predicted octanol–water partition coefficient (Wildman–Crippen LogP) is 2.04. The molecule has 6 nitrogen and oxygen atoms in total. The Morgan fingerprint density at radius 1 is 1.53 bits per heavy atom. The SMILES string of the molecule is CCCNc1snnc1CSc1nc(C)cc(=O)[nH]1. The molecule has 0 bridgehead atoms. The van der Waals surface area contributed by atoms with E-state index in [1.165, 1.54) is 29.4 Å². The smallest absolute Gasteiger partial charge is 0.251 e. The summed E-state index contributed by atoms with van der Waals surface area (Å²) >= 11 is 2.80. The molecule has 8 heteroatoms. The molecule has 0 aromatic carbocycles. The van der Waals surface area contributed by atoms with Crippen LogP contribution in [0.25, 0.3) is 0 Å². The Kier molecular flexibility index (Phi) is 4.92. The van der Waals surface area contributed by atoms with Gasteiger partial charge in [-0.1, -0.05) is 23.2 Å². The predicted molar refractivity (Wildman–Crippen MR) is 77.8 cm³/mol. The third-order valence-electron chi connectivity index (χ3n) is 2.28. The van der Waals surface area contributed by atoms with E-state index in [9.17, 15) is 4.79 Å². The maximum Gasteiger partial charge on any atom is 0.251 e. The van der Waals surface area contributed by atoms with Crippen molar-refractivity contribution in [1.29, 1.82) is 0 Å². The Hall–Kier alpha value is -1.41. The topological polar surface area (TPSA) is 83.6 Å². The maximum atomic E-state index is 11.3. The second-order valence-electron chi connectivity index (χ2n) is 3.96. The van der Waals surface area contributed by atoms with Crippen molar-refractivity contribution in [3.05, 3.63) is 27.8 Å². The van der Waals surface area contributed by atoms with E-state index in [2.05, 4.69) is 31.8 Å². The van der Waals surface area contributed by atoms with Crippen LogP contribution in [0.3, 0.4) is 0 Å². The highest BCUT2D eigenvalue weighted by Gasteiger charge is 2.09. The maximum absolute atomic E-state index is 11.3. The van der Waals surface area contributed by atoms with E-state index in [0.717, 1.165) is 23.7 Å². The van der Waals surface area contributed by atoms with E-state index in [-0.39, 0.29) is 5.56 Å². The third kappa shape index (κ3) is 4.03. The number of thioether (sulfide) groups is 1. The molecule has 0 amide bonds. The molecule has 0 spiro atoms. The Balaban J connectivity index is 2.02. The van der Waals surface area contributed by atoms with Gasteiger partial charge in [-0.2, -0.15) is 0 Å². The number of hydrogen-bond donors (Lipinski definition) is 2. The van der Waals surface area contributed by atoms with Gasteiger partial charge in [0.2, 0.25) is 0 Å². The van der Waals surface area contributed by atoms with Gasteiger partial charge >= 0.3 is 0 Å². The van der Waals surface area contributed by atoms with Crippen molar-refractivity contribution in [3.8, 4) is 0 Å². The Bertz CT molecular complexity index is 595. The second kappa shape index (κ2) is 6.67. The average molecular weight is 297 g/mol. The summed E-state index contributed by atoms with van der Waals surface area (Å²) in [5.41, 5.74) is 1.48. The highest BCUT2D eigenvalue weighted by atomic mass is 32.2. The molecule has 0 aliphatic rings. The number of nitrogens with one attached hydrogen (secondary N) is 2. The zero-order valence-electron chi connectivity index (χ0n) is 10.8. The van der Waals surface area contributed by atoms with Crippen LogP contribution in [-0.2, 0) is 5.75 Å². The highest BCUT2D eigenvalue weighted by molar-refractivity contribution is 7.98. The van der Waals surface area contributed by atoms with Crippen LogP contribution in [0.15, 0.2) is 16.0 Å². The molecule has 2 heterocycles. The zero-order chi connectivity index (χ0) is 13.7. The number of rotatable bonds is 6. The molecule has 0 fully saturated rings. The second-order valence-corrected chi connectivity index (χ2v) is 5.67. The molecule has 0 saturated heterocycles. The monoisotopic (exact) mass is 297 g/mol. The summed E-state index contributed by atoms with van der Waals surface area (Å²) in [6, 6.07) is 1.47. The minimum atomic E-state index is -0.129. The van der Waals surface area contributed by atoms with Crippen LogP contribution in [0.4, 0.5) is 5.00 Å². The van der Waals surface area contributed by atoms with Crippen LogP contribution < -0.4 is 10.9 Å². The van der Waals surface area contributed by atoms with Gasteiger partial charge in [-0.05, 0) is 13.3 Å². The molecular formula is C11H15N5OS2. The Morgan fingerprint density at radius 3 is 3.11 bits per heavy atom. The molecule has 0 radical (unpaired) electrons. The van der Waals surface area contributed by atoms with Crippen molar-refractivity contribution in [2.75, 3.05) is 11.9 Å². The van der Waals surface area contributed by atoms with Crippen molar-refractivity contribution >= 4 is 28.3 Å². The molecule has 0 saturated carbocycles.